The fraction of sp³-hybridized carbons (Fsp3) is 0.290. The Balaban J connectivity index is 1.17. The zero-order valence-electron chi connectivity index (χ0n) is 25.5. The van der Waals surface area contributed by atoms with Crippen molar-refractivity contribution < 1.29 is 32.7 Å². The molecule has 1 aromatic carbocycles. The molecule has 4 amide bonds. The fourth-order valence-corrected chi connectivity index (χ4v) is 5.08. The molecule has 46 heavy (non-hydrogen) atoms. The second-order valence-corrected chi connectivity index (χ2v) is 10.9. The van der Waals surface area contributed by atoms with Gasteiger partial charge in [-0.25, -0.2) is 8.78 Å². The molecule has 0 saturated carbocycles. The first-order valence-electron chi connectivity index (χ1n) is 14.4. The minimum atomic E-state index is -1.01. The van der Waals surface area contributed by atoms with Crippen LogP contribution in [0, 0.1) is 11.6 Å². The summed E-state index contributed by atoms with van der Waals surface area (Å²) < 4.78 is 37.2. The molecule has 4 aromatic rings. The van der Waals surface area contributed by atoms with Gasteiger partial charge in [-0.05, 0) is 30.3 Å². The van der Waals surface area contributed by atoms with E-state index < -0.39 is 29.4 Å². The van der Waals surface area contributed by atoms with Crippen LogP contribution in [0.25, 0.3) is 0 Å². The molecule has 1 fully saturated rings. The van der Waals surface area contributed by atoms with Crippen LogP contribution in [0.3, 0.4) is 0 Å². The molecule has 1 aliphatic heterocycles. The number of carbonyl (C=O) groups is 4. The Morgan fingerprint density at radius 1 is 0.696 bits per heavy atom. The van der Waals surface area contributed by atoms with E-state index in [4.69, 9.17) is 4.74 Å². The molecule has 4 N–H and O–H groups in total. The number of halogens is 2. The summed E-state index contributed by atoms with van der Waals surface area (Å²) in [5.41, 5.74) is 1.45. The number of hydrogen-bond acceptors (Lipinski definition) is 6. The molecule has 0 spiro atoms. The van der Waals surface area contributed by atoms with E-state index >= 15 is 0 Å². The zero-order valence-corrected chi connectivity index (χ0v) is 25.5. The van der Waals surface area contributed by atoms with Crippen molar-refractivity contribution in [2.24, 2.45) is 21.1 Å². The van der Waals surface area contributed by atoms with E-state index in [9.17, 15) is 28.0 Å². The van der Waals surface area contributed by atoms with E-state index in [1.165, 1.54) is 22.9 Å². The Bertz CT molecular complexity index is 1790. The van der Waals surface area contributed by atoms with Gasteiger partial charge >= 0.3 is 0 Å². The summed E-state index contributed by atoms with van der Waals surface area (Å²) >= 11 is 0. The summed E-state index contributed by atoms with van der Waals surface area (Å²) in [6.45, 7) is 4.23. The van der Waals surface area contributed by atoms with E-state index in [-0.39, 0.29) is 28.5 Å². The lowest BCUT2D eigenvalue weighted by Gasteiger charge is -2.26. The smallest absolute Gasteiger partial charge is 0.272 e. The van der Waals surface area contributed by atoms with Crippen LogP contribution in [0.4, 0.5) is 25.8 Å². The number of benzene rings is 1. The summed E-state index contributed by atoms with van der Waals surface area (Å²) in [4.78, 5) is 53.6. The third-order valence-electron chi connectivity index (χ3n) is 7.48. The zero-order chi connectivity index (χ0) is 33.0. The van der Waals surface area contributed by atoms with Gasteiger partial charge in [-0.1, -0.05) is 0 Å². The predicted molar refractivity (Wildman–Crippen MR) is 166 cm³/mol. The van der Waals surface area contributed by atoms with Crippen LogP contribution in [-0.2, 0) is 25.9 Å². The molecule has 0 aliphatic carbocycles. The lowest BCUT2D eigenvalue weighted by Crippen LogP contribution is -2.41. The standard InChI is InChI=1S/C31H34F2N8O5/c1-38-17-21(13-25(38)29(43)34-6-7-41-8-10-46-11-9-41)36-31(45)27-15-22(18-40(27)3)37-30(44)26-14-20(16-39(26)2)35-28(42)23-5-4-19(32)12-24(23)33/h4-5,12-18H,6-11H2,1-3H3,(H,34,43)(H,35,42)(H,36,45)(H,37,44). The molecule has 0 bridgehead atoms. The molecule has 0 unspecified atom stereocenters. The SMILES string of the molecule is Cn1cc(NC(=O)c2cc(NC(=O)c3cc(NC(=O)c4ccc(F)cc4F)cn3C)cn2C)cc1C(=O)NCCN1CCOCC1. The highest BCUT2D eigenvalue weighted by molar-refractivity contribution is 6.08. The van der Waals surface area contributed by atoms with Gasteiger partial charge in [-0.3, -0.25) is 24.1 Å². The number of anilines is 3. The number of nitrogens with zero attached hydrogens (tertiary/aromatic N) is 4. The minimum absolute atomic E-state index is 0.171. The topological polar surface area (TPSA) is 144 Å². The van der Waals surface area contributed by atoms with Gasteiger partial charge < -0.3 is 39.7 Å². The summed E-state index contributed by atoms with van der Waals surface area (Å²) in [6, 6.07) is 7.10. The van der Waals surface area contributed by atoms with Crippen LogP contribution < -0.4 is 21.3 Å². The summed E-state index contributed by atoms with van der Waals surface area (Å²) in [7, 11) is 4.95. The number of amides is 4. The molecule has 1 saturated heterocycles. The Kier molecular flexibility index (Phi) is 9.63. The molecule has 0 atom stereocenters. The number of aromatic nitrogens is 3. The van der Waals surface area contributed by atoms with E-state index in [0.29, 0.717) is 42.9 Å². The maximum atomic E-state index is 14.0. The van der Waals surface area contributed by atoms with Crippen molar-refractivity contribution in [3.8, 4) is 0 Å². The molecule has 1 aliphatic rings. The number of aryl methyl sites for hydroxylation is 3. The Labute approximate surface area is 263 Å². The monoisotopic (exact) mass is 636 g/mol. The van der Waals surface area contributed by atoms with Crippen molar-refractivity contribution in [3.05, 3.63) is 89.3 Å². The van der Waals surface area contributed by atoms with Gasteiger partial charge in [0, 0.05) is 72.0 Å². The average molecular weight is 637 g/mol. The highest BCUT2D eigenvalue weighted by atomic mass is 19.1. The fourth-order valence-electron chi connectivity index (χ4n) is 5.08. The van der Waals surface area contributed by atoms with Crippen LogP contribution in [0.5, 0.6) is 0 Å². The molecule has 4 heterocycles. The summed E-state index contributed by atoms with van der Waals surface area (Å²) in [5.74, 6) is -3.86. The van der Waals surface area contributed by atoms with Crippen LogP contribution in [0.2, 0.25) is 0 Å². The Morgan fingerprint density at radius 3 is 1.67 bits per heavy atom. The highest BCUT2D eigenvalue weighted by Crippen LogP contribution is 2.20. The quantitative estimate of drug-likeness (QED) is 0.211. The highest BCUT2D eigenvalue weighted by Gasteiger charge is 2.20. The molecule has 0 radical (unpaired) electrons. The molecule has 3 aromatic heterocycles. The summed E-state index contributed by atoms with van der Waals surface area (Å²) in [5, 5.41) is 10.9. The van der Waals surface area contributed by atoms with Crippen molar-refractivity contribution in [2.45, 2.75) is 0 Å². The van der Waals surface area contributed by atoms with Crippen molar-refractivity contribution >= 4 is 40.7 Å². The van der Waals surface area contributed by atoms with Gasteiger partial charge in [0.2, 0.25) is 0 Å². The Morgan fingerprint density at radius 2 is 1.17 bits per heavy atom. The van der Waals surface area contributed by atoms with Gasteiger partial charge in [0.25, 0.3) is 23.6 Å². The van der Waals surface area contributed by atoms with Crippen molar-refractivity contribution in [3.63, 3.8) is 0 Å². The maximum absolute atomic E-state index is 14.0. The third kappa shape index (κ3) is 7.50. The van der Waals surface area contributed by atoms with E-state index in [0.717, 1.165) is 31.8 Å². The second-order valence-electron chi connectivity index (χ2n) is 10.9. The average Bonchev–Trinajstić information content (AvgIpc) is 3.68. The Hall–Kier alpha value is -5.28. The van der Waals surface area contributed by atoms with Crippen molar-refractivity contribution in [1.82, 2.24) is 23.9 Å². The first-order valence-corrected chi connectivity index (χ1v) is 14.4. The van der Waals surface area contributed by atoms with Crippen LogP contribution >= 0.6 is 0 Å². The molecular formula is C31H34F2N8O5. The van der Waals surface area contributed by atoms with Gasteiger partial charge in [0.15, 0.2) is 0 Å². The van der Waals surface area contributed by atoms with E-state index in [2.05, 4.69) is 26.2 Å². The number of hydrogen-bond donors (Lipinski definition) is 4. The lowest BCUT2D eigenvalue weighted by molar-refractivity contribution is 0.0383. The van der Waals surface area contributed by atoms with Crippen LogP contribution in [0.1, 0.15) is 41.8 Å². The van der Waals surface area contributed by atoms with Crippen molar-refractivity contribution in [2.75, 3.05) is 55.3 Å². The van der Waals surface area contributed by atoms with E-state index in [1.54, 1.807) is 48.7 Å². The lowest BCUT2D eigenvalue weighted by atomic mass is 10.2. The number of carbonyl (C=O) groups excluding carboxylic acids is 4. The minimum Gasteiger partial charge on any atom is -0.379 e. The largest absolute Gasteiger partial charge is 0.379 e. The number of nitrogens with one attached hydrogen (secondary N) is 4. The van der Waals surface area contributed by atoms with Crippen molar-refractivity contribution in [1.29, 1.82) is 0 Å². The van der Waals surface area contributed by atoms with Gasteiger partial charge in [-0.15, -0.1) is 0 Å². The van der Waals surface area contributed by atoms with Gasteiger partial charge in [0.1, 0.15) is 28.7 Å². The van der Waals surface area contributed by atoms with Gasteiger partial charge in [0.05, 0.1) is 35.8 Å². The predicted octanol–water partition coefficient (Wildman–Crippen LogP) is 2.80. The van der Waals surface area contributed by atoms with Crippen LogP contribution in [-0.4, -0.2) is 81.6 Å². The van der Waals surface area contributed by atoms with Crippen LogP contribution in [0.15, 0.2) is 55.0 Å². The molecule has 13 nitrogen and oxygen atoms in total. The van der Waals surface area contributed by atoms with E-state index in [1.807, 2.05) is 0 Å². The third-order valence-corrected chi connectivity index (χ3v) is 7.48. The number of ether oxygens (including phenoxy) is 1. The normalized spacial score (nSPS) is 13.3. The molecule has 5 rings (SSSR count). The molecular weight excluding hydrogens is 602 g/mol. The maximum Gasteiger partial charge on any atom is 0.272 e. The first-order chi connectivity index (χ1) is 22.0. The second kappa shape index (κ2) is 13.8. The number of morpholine rings is 1. The first kappa shape index (κ1) is 32.1. The molecule has 242 valence electrons. The molecule has 15 heteroatoms. The van der Waals surface area contributed by atoms with Gasteiger partial charge in [-0.2, -0.15) is 0 Å². The number of rotatable bonds is 10. The summed E-state index contributed by atoms with van der Waals surface area (Å²) in [6.07, 6.45) is 4.67.